The van der Waals surface area contributed by atoms with Crippen LogP contribution in [-0.4, -0.2) is 54.8 Å². The Kier molecular flexibility index (Phi) is 7.66. The van der Waals surface area contributed by atoms with Crippen LogP contribution in [0.5, 0.6) is 5.75 Å². The number of benzene rings is 2. The number of hydrogen-bond acceptors (Lipinski definition) is 4. The highest BCUT2D eigenvalue weighted by Crippen LogP contribution is 2.41. The molecule has 2 fully saturated rings. The van der Waals surface area contributed by atoms with E-state index in [-0.39, 0.29) is 29.4 Å². The summed E-state index contributed by atoms with van der Waals surface area (Å²) in [6.45, 7) is 3.48. The zero-order chi connectivity index (χ0) is 23.3. The largest absolute Gasteiger partial charge is 0.481 e. The standard InChI is InChI=1S/C27H35FN2O3/c1-20(33-23-11-9-22(28)10-12-23)26(31)29-24-13-16-27(15-6-18-32-27)19-25(24)30(2)17-14-21-7-4-3-5-8-21/h3-5,7-12,20,24-25H,6,13-19H2,1-2H3,(H,29,31). The Bertz CT molecular complexity index is 899. The summed E-state index contributed by atoms with van der Waals surface area (Å²) in [4.78, 5) is 15.4. The number of rotatable bonds is 8. The van der Waals surface area contributed by atoms with Gasteiger partial charge in [-0.15, -0.1) is 0 Å². The van der Waals surface area contributed by atoms with Crippen LogP contribution in [0.2, 0.25) is 0 Å². The van der Waals surface area contributed by atoms with Crippen molar-refractivity contribution < 1.29 is 18.7 Å². The van der Waals surface area contributed by atoms with E-state index < -0.39 is 6.10 Å². The van der Waals surface area contributed by atoms with Gasteiger partial charge in [-0.3, -0.25) is 4.79 Å². The Hall–Kier alpha value is -2.44. The van der Waals surface area contributed by atoms with Gasteiger partial charge >= 0.3 is 0 Å². The third-order valence-corrected chi connectivity index (χ3v) is 7.13. The first kappa shape index (κ1) is 23.7. The summed E-state index contributed by atoms with van der Waals surface area (Å²) in [5, 5.41) is 3.25. The average Bonchev–Trinajstić information content (AvgIpc) is 3.28. The number of halogens is 1. The van der Waals surface area contributed by atoms with Gasteiger partial charge in [0, 0.05) is 25.2 Å². The number of nitrogens with one attached hydrogen (secondary N) is 1. The molecule has 1 aliphatic carbocycles. The SMILES string of the molecule is CC(Oc1ccc(F)cc1)C(=O)NC1CCC2(CCCO2)CC1N(C)CCc1ccccc1. The Morgan fingerprint density at radius 3 is 2.67 bits per heavy atom. The molecule has 1 spiro atoms. The quantitative estimate of drug-likeness (QED) is 0.644. The van der Waals surface area contributed by atoms with Crippen LogP contribution in [0.1, 0.15) is 44.6 Å². The van der Waals surface area contributed by atoms with E-state index in [1.165, 1.54) is 17.7 Å². The minimum Gasteiger partial charge on any atom is -0.481 e. The van der Waals surface area contributed by atoms with E-state index in [9.17, 15) is 9.18 Å². The second-order valence-electron chi connectivity index (χ2n) is 9.49. The van der Waals surface area contributed by atoms with Gasteiger partial charge in [0.15, 0.2) is 6.10 Å². The normalized spacial score (nSPS) is 25.8. The van der Waals surface area contributed by atoms with Crippen LogP contribution in [0.3, 0.4) is 0 Å². The molecule has 0 bridgehead atoms. The van der Waals surface area contributed by atoms with Crippen LogP contribution >= 0.6 is 0 Å². The van der Waals surface area contributed by atoms with Crippen molar-refractivity contribution in [2.45, 2.75) is 69.2 Å². The second kappa shape index (κ2) is 10.7. The van der Waals surface area contributed by atoms with Crippen molar-refractivity contribution in [2.75, 3.05) is 20.2 Å². The molecule has 178 valence electrons. The average molecular weight is 455 g/mol. The molecule has 1 amide bonds. The molecule has 4 unspecified atom stereocenters. The van der Waals surface area contributed by atoms with Gasteiger partial charge < -0.3 is 19.7 Å². The van der Waals surface area contributed by atoms with Gasteiger partial charge in [0.1, 0.15) is 11.6 Å². The molecule has 0 radical (unpaired) electrons. The van der Waals surface area contributed by atoms with E-state index in [1.54, 1.807) is 19.1 Å². The van der Waals surface area contributed by atoms with Crippen LogP contribution in [0.25, 0.3) is 0 Å². The number of nitrogens with zero attached hydrogens (tertiary/aromatic N) is 1. The van der Waals surface area contributed by atoms with E-state index in [2.05, 4.69) is 41.5 Å². The molecule has 1 saturated carbocycles. The number of likely N-dealkylation sites (N-methyl/N-ethyl adjacent to an activating group) is 1. The Labute approximate surface area is 196 Å². The molecule has 33 heavy (non-hydrogen) atoms. The summed E-state index contributed by atoms with van der Waals surface area (Å²) < 4.78 is 25.1. The third-order valence-electron chi connectivity index (χ3n) is 7.13. The molecule has 6 heteroatoms. The fourth-order valence-electron chi connectivity index (χ4n) is 5.17. The van der Waals surface area contributed by atoms with Crippen LogP contribution in [-0.2, 0) is 16.0 Å². The van der Waals surface area contributed by atoms with Crippen molar-refractivity contribution in [2.24, 2.45) is 0 Å². The van der Waals surface area contributed by atoms with Gasteiger partial charge in [0.2, 0.25) is 0 Å². The molecule has 1 saturated heterocycles. The summed E-state index contributed by atoms with van der Waals surface area (Å²) in [6, 6.07) is 16.5. The number of hydrogen-bond donors (Lipinski definition) is 1. The van der Waals surface area contributed by atoms with Crippen molar-refractivity contribution in [3.8, 4) is 5.75 Å². The lowest BCUT2D eigenvalue weighted by Crippen LogP contribution is -2.59. The van der Waals surface area contributed by atoms with Crippen molar-refractivity contribution >= 4 is 5.91 Å². The zero-order valence-electron chi connectivity index (χ0n) is 19.6. The van der Waals surface area contributed by atoms with Crippen molar-refractivity contribution in [3.63, 3.8) is 0 Å². The molecule has 4 atom stereocenters. The van der Waals surface area contributed by atoms with E-state index in [0.29, 0.717) is 5.75 Å². The topological polar surface area (TPSA) is 50.8 Å². The number of amides is 1. The molecule has 2 aromatic carbocycles. The van der Waals surface area contributed by atoms with Crippen molar-refractivity contribution in [3.05, 3.63) is 66.0 Å². The fraction of sp³-hybridized carbons (Fsp3) is 0.519. The lowest BCUT2D eigenvalue weighted by molar-refractivity contribution is -0.130. The molecule has 5 nitrogen and oxygen atoms in total. The highest BCUT2D eigenvalue weighted by molar-refractivity contribution is 5.81. The zero-order valence-corrected chi connectivity index (χ0v) is 19.6. The maximum Gasteiger partial charge on any atom is 0.261 e. The van der Waals surface area contributed by atoms with Gasteiger partial charge in [-0.25, -0.2) is 4.39 Å². The number of ether oxygens (including phenoxy) is 2. The van der Waals surface area contributed by atoms with Gasteiger partial charge in [0.25, 0.3) is 5.91 Å². The van der Waals surface area contributed by atoms with Crippen LogP contribution in [0, 0.1) is 5.82 Å². The van der Waals surface area contributed by atoms with E-state index in [0.717, 1.165) is 51.7 Å². The minimum absolute atomic E-state index is 0.0346. The van der Waals surface area contributed by atoms with Crippen molar-refractivity contribution in [1.29, 1.82) is 0 Å². The number of carbonyl (C=O) groups excluding carboxylic acids is 1. The monoisotopic (exact) mass is 454 g/mol. The molecule has 4 rings (SSSR count). The lowest BCUT2D eigenvalue weighted by Gasteiger charge is -2.46. The predicted octanol–water partition coefficient (Wildman–Crippen LogP) is 4.35. The summed E-state index contributed by atoms with van der Waals surface area (Å²) in [6.07, 6.45) is 5.29. The first-order valence-corrected chi connectivity index (χ1v) is 12.0. The smallest absolute Gasteiger partial charge is 0.261 e. The lowest BCUT2D eigenvalue weighted by atomic mass is 9.76. The van der Waals surface area contributed by atoms with Gasteiger partial charge in [0.05, 0.1) is 5.60 Å². The number of carbonyl (C=O) groups is 1. The molecule has 2 aromatic rings. The first-order valence-electron chi connectivity index (χ1n) is 12.0. The van der Waals surface area contributed by atoms with E-state index in [1.807, 2.05) is 6.07 Å². The molecule has 1 aliphatic heterocycles. The van der Waals surface area contributed by atoms with Crippen LogP contribution < -0.4 is 10.1 Å². The maximum atomic E-state index is 13.2. The maximum absolute atomic E-state index is 13.2. The summed E-state index contributed by atoms with van der Waals surface area (Å²) in [5.41, 5.74) is 1.26. The summed E-state index contributed by atoms with van der Waals surface area (Å²) in [7, 11) is 2.15. The van der Waals surface area contributed by atoms with Crippen LogP contribution in [0.4, 0.5) is 4.39 Å². The predicted molar refractivity (Wildman–Crippen MR) is 127 cm³/mol. The van der Waals surface area contributed by atoms with Crippen molar-refractivity contribution in [1.82, 2.24) is 10.2 Å². The van der Waals surface area contributed by atoms with Crippen LogP contribution in [0.15, 0.2) is 54.6 Å². The summed E-state index contributed by atoms with van der Waals surface area (Å²) in [5.74, 6) is 0.0118. The summed E-state index contributed by atoms with van der Waals surface area (Å²) >= 11 is 0. The molecular weight excluding hydrogens is 419 g/mol. The Morgan fingerprint density at radius 2 is 1.97 bits per heavy atom. The minimum atomic E-state index is -0.663. The Morgan fingerprint density at radius 1 is 1.21 bits per heavy atom. The van der Waals surface area contributed by atoms with E-state index >= 15 is 0 Å². The highest BCUT2D eigenvalue weighted by Gasteiger charge is 2.45. The first-order chi connectivity index (χ1) is 15.9. The molecule has 1 N–H and O–H groups in total. The fourth-order valence-corrected chi connectivity index (χ4v) is 5.17. The Balaban J connectivity index is 1.40. The molecule has 0 aromatic heterocycles. The van der Waals surface area contributed by atoms with Gasteiger partial charge in [-0.1, -0.05) is 30.3 Å². The molecule has 2 aliphatic rings. The highest BCUT2D eigenvalue weighted by atomic mass is 19.1. The second-order valence-corrected chi connectivity index (χ2v) is 9.49. The van der Waals surface area contributed by atoms with E-state index in [4.69, 9.17) is 9.47 Å². The van der Waals surface area contributed by atoms with Gasteiger partial charge in [-0.2, -0.15) is 0 Å². The molecular formula is C27H35FN2O3. The third kappa shape index (κ3) is 6.12. The van der Waals surface area contributed by atoms with Gasteiger partial charge in [-0.05, 0) is 82.3 Å². The molecule has 1 heterocycles.